The van der Waals surface area contributed by atoms with Gasteiger partial charge in [-0.25, -0.2) is 0 Å². The highest BCUT2D eigenvalue weighted by Crippen LogP contribution is 2.39. The van der Waals surface area contributed by atoms with Gasteiger partial charge in [0, 0.05) is 9.24 Å². The number of ether oxygens (including phenoxy) is 1. The Morgan fingerprint density at radius 1 is 1.46 bits per heavy atom. The van der Waals surface area contributed by atoms with Crippen molar-refractivity contribution in [2.24, 2.45) is 0 Å². The number of nitrogens with one attached hydrogen (secondary N) is 1. The molecule has 1 aromatic carbocycles. The molecule has 0 bridgehead atoms. The van der Waals surface area contributed by atoms with Crippen LogP contribution < -0.4 is 10.1 Å². The molecule has 0 fully saturated rings. The Balaban J connectivity index is 2.47. The molecule has 70 valence electrons. The Kier molecular flexibility index (Phi) is 1.90. The zero-order valence-electron chi connectivity index (χ0n) is 8.73. The molecule has 0 atom stereocenters. The fourth-order valence-electron chi connectivity index (χ4n) is 1.13. The lowest BCUT2D eigenvalue weighted by Gasteiger charge is -2.09. The molecule has 1 N–H and O–H groups in total. The maximum atomic E-state index is 7.62. The Morgan fingerprint density at radius 2 is 2.31 bits per heavy atom. The zero-order chi connectivity index (χ0) is 11.1. The van der Waals surface area contributed by atoms with E-state index in [2.05, 4.69) is 5.32 Å². The van der Waals surface area contributed by atoms with E-state index in [9.17, 15) is 0 Å². The molecule has 1 aliphatic rings. The third-order valence-corrected chi connectivity index (χ3v) is 2.53. The lowest BCUT2D eigenvalue weighted by molar-refractivity contribution is 0.323. The van der Waals surface area contributed by atoms with Crippen molar-refractivity contribution in [3.63, 3.8) is 0 Å². The molecule has 0 aromatic heterocycles. The molecule has 0 unspecified atom stereocenters. The Hall–Kier alpha value is -0.600. The second-order valence-corrected chi connectivity index (χ2v) is 3.42. The monoisotopic (exact) mass is 219 g/mol. The molecule has 1 aliphatic heterocycles. The van der Waals surface area contributed by atoms with Gasteiger partial charge in [-0.3, -0.25) is 0 Å². The van der Waals surface area contributed by atoms with E-state index in [4.69, 9.17) is 30.7 Å². The van der Waals surface area contributed by atoms with Gasteiger partial charge >= 0.3 is 0 Å². The normalized spacial score (nSPS) is 21.4. The van der Waals surface area contributed by atoms with Gasteiger partial charge < -0.3 is 10.1 Å². The van der Waals surface area contributed by atoms with Crippen molar-refractivity contribution in [3.05, 3.63) is 22.2 Å². The molecular weight excluding hydrogens is 209 g/mol. The maximum absolute atomic E-state index is 7.62. The number of fused-ring (bicyclic) bond motifs is 1. The molecule has 0 saturated carbocycles. The van der Waals surface area contributed by atoms with E-state index in [1.165, 1.54) is 0 Å². The highest BCUT2D eigenvalue weighted by Gasteiger charge is 2.14. The molecule has 13 heavy (non-hydrogen) atoms. The minimum absolute atomic E-state index is 0.260. The van der Waals surface area contributed by atoms with Gasteiger partial charge in [0.25, 0.3) is 0 Å². The highest BCUT2D eigenvalue weighted by atomic mass is 35.5. The first-order valence-corrected chi connectivity index (χ1v) is 4.64. The first kappa shape index (κ1) is 6.80. The molecular formula is C9H9Cl2NO. The molecule has 1 heterocycles. The van der Waals surface area contributed by atoms with Gasteiger partial charge in [0.05, 0.1) is 17.3 Å². The lowest BCUT2D eigenvalue weighted by Crippen LogP contribution is -1.99. The smallest absolute Gasteiger partial charge is 0.162 e. The molecule has 2 nitrogen and oxygen atoms in total. The van der Waals surface area contributed by atoms with Gasteiger partial charge in [0.15, 0.2) is 5.75 Å². The summed E-state index contributed by atoms with van der Waals surface area (Å²) in [6.07, 6.45) is 0.260. The van der Waals surface area contributed by atoms with Crippen molar-refractivity contribution < 1.29 is 7.48 Å². The Morgan fingerprint density at radius 3 is 3.15 bits per heavy atom. The minimum atomic E-state index is -1.48. The average Bonchev–Trinajstić information content (AvgIpc) is 2.30. The van der Waals surface area contributed by atoms with Crippen molar-refractivity contribution in [1.29, 1.82) is 0 Å². The molecule has 0 amide bonds. The summed E-state index contributed by atoms with van der Waals surface area (Å²) in [6, 6.07) is 3.27. The molecule has 1 aromatic rings. The van der Waals surface area contributed by atoms with Crippen LogP contribution in [0.1, 0.15) is 9.16 Å². The van der Waals surface area contributed by atoms with E-state index in [1.807, 2.05) is 0 Å². The van der Waals surface area contributed by atoms with Crippen LogP contribution in [0.5, 0.6) is 5.75 Å². The highest BCUT2D eigenvalue weighted by molar-refractivity contribution is 6.43. The van der Waals surface area contributed by atoms with Crippen molar-refractivity contribution in [2.75, 3.05) is 18.4 Å². The number of rotatable bonds is 0. The van der Waals surface area contributed by atoms with Crippen LogP contribution in [0.4, 0.5) is 5.69 Å². The van der Waals surface area contributed by atoms with Crippen molar-refractivity contribution >= 4 is 28.9 Å². The summed E-state index contributed by atoms with van der Waals surface area (Å²) in [6.45, 7) is -1.21. The van der Waals surface area contributed by atoms with E-state index in [-0.39, 0.29) is 13.0 Å². The SMILES string of the molecule is [2H]C1([2H])CCOc2c(ccc(Cl)c2Cl)N1. The molecule has 0 spiro atoms. The van der Waals surface area contributed by atoms with Crippen LogP contribution >= 0.6 is 23.2 Å². The van der Waals surface area contributed by atoms with E-state index >= 15 is 0 Å². The predicted octanol–water partition coefficient (Wildman–Crippen LogP) is 3.19. The van der Waals surface area contributed by atoms with E-state index in [1.54, 1.807) is 12.1 Å². The van der Waals surface area contributed by atoms with Crippen LogP contribution in [-0.4, -0.2) is 13.1 Å². The van der Waals surface area contributed by atoms with Crippen LogP contribution in [0.3, 0.4) is 0 Å². The summed E-state index contributed by atoms with van der Waals surface area (Å²) < 4.78 is 20.6. The third-order valence-electron chi connectivity index (χ3n) is 1.75. The molecule has 2 rings (SSSR count). The number of halogens is 2. The quantitative estimate of drug-likeness (QED) is 0.724. The first-order valence-electron chi connectivity index (χ1n) is 4.89. The van der Waals surface area contributed by atoms with Crippen LogP contribution in [0, 0.1) is 0 Å². The number of anilines is 1. The second kappa shape index (κ2) is 3.64. The van der Waals surface area contributed by atoms with Crippen molar-refractivity contribution in [3.8, 4) is 5.75 Å². The standard InChI is InChI=1S/C9H9Cl2NO/c10-6-2-3-7-9(8(6)11)13-5-1-4-12-7/h2-3,12H,1,4-5H2/i4D2. The fourth-order valence-corrected chi connectivity index (χ4v) is 1.50. The van der Waals surface area contributed by atoms with Crippen LogP contribution in [0.15, 0.2) is 12.1 Å². The molecule has 4 heteroatoms. The predicted molar refractivity (Wildman–Crippen MR) is 55.1 cm³/mol. The van der Waals surface area contributed by atoms with Crippen LogP contribution in [0.2, 0.25) is 10.0 Å². The summed E-state index contributed by atoms with van der Waals surface area (Å²) in [7, 11) is 0. The van der Waals surface area contributed by atoms with Crippen molar-refractivity contribution in [1.82, 2.24) is 0 Å². The average molecular weight is 220 g/mol. The first-order chi connectivity index (χ1) is 6.99. The minimum Gasteiger partial charge on any atom is -0.490 e. The number of hydrogen-bond acceptors (Lipinski definition) is 2. The zero-order valence-corrected chi connectivity index (χ0v) is 8.24. The van der Waals surface area contributed by atoms with Gasteiger partial charge in [-0.1, -0.05) is 23.2 Å². The summed E-state index contributed by atoms with van der Waals surface area (Å²) in [5.74, 6) is 0.422. The van der Waals surface area contributed by atoms with Crippen molar-refractivity contribution in [2.45, 2.75) is 6.42 Å². The molecule has 0 saturated heterocycles. The molecule has 0 aliphatic carbocycles. The summed E-state index contributed by atoms with van der Waals surface area (Å²) in [5, 5.41) is 3.45. The lowest BCUT2D eigenvalue weighted by atomic mass is 10.3. The largest absolute Gasteiger partial charge is 0.490 e. The summed E-state index contributed by atoms with van der Waals surface area (Å²) in [4.78, 5) is 0. The van der Waals surface area contributed by atoms with Gasteiger partial charge in [-0.2, -0.15) is 0 Å². The topological polar surface area (TPSA) is 21.3 Å². The number of hydrogen-bond donors (Lipinski definition) is 1. The number of benzene rings is 1. The third kappa shape index (κ3) is 1.69. The molecule has 0 radical (unpaired) electrons. The van der Waals surface area contributed by atoms with Gasteiger partial charge in [0.1, 0.15) is 5.02 Å². The van der Waals surface area contributed by atoms with E-state index in [0.717, 1.165) is 0 Å². The van der Waals surface area contributed by atoms with Crippen LogP contribution in [-0.2, 0) is 0 Å². The van der Waals surface area contributed by atoms with Gasteiger partial charge in [-0.05, 0) is 18.6 Å². The maximum Gasteiger partial charge on any atom is 0.162 e. The Labute approximate surface area is 89.6 Å². The fraction of sp³-hybridized carbons (Fsp3) is 0.333. The summed E-state index contributed by atoms with van der Waals surface area (Å²) >= 11 is 11.8. The Bertz CT molecular complexity index is 398. The van der Waals surface area contributed by atoms with E-state index in [0.29, 0.717) is 21.5 Å². The van der Waals surface area contributed by atoms with Gasteiger partial charge in [-0.15, -0.1) is 0 Å². The second-order valence-electron chi connectivity index (χ2n) is 2.64. The van der Waals surface area contributed by atoms with E-state index < -0.39 is 6.50 Å². The van der Waals surface area contributed by atoms with Crippen LogP contribution in [0.25, 0.3) is 0 Å². The van der Waals surface area contributed by atoms with Gasteiger partial charge in [0.2, 0.25) is 0 Å². The summed E-state index contributed by atoms with van der Waals surface area (Å²) in [5.41, 5.74) is 0.534.